The molecule has 0 unspecified atom stereocenters. The summed E-state index contributed by atoms with van der Waals surface area (Å²) in [5, 5.41) is 0. The molecule has 0 amide bonds. The summed E-state index contributed by atoms with van der Waals surface area (Å²) in [6.07, 6.45) is 1.06. The number of hydrogen-bond donors (Lipinski definition) is 1. The standard InChI is InChI=1S/C11H18N2/c1-9(12)8-10-4-6-11(7-5-10)13(2)3/h4-7,9H,8,12H2,1-3H3/p+1/t9-/m1/s1. The maximum Gasteiger partial charge on any atom is 0.0855 e. The maximum atomic E-state index is 3.98. The Morgan fingerprint density at radius 3 is 2.15 bits per heavy atom. The average molecular weight is 179 g/mol. The Bertz CT molecular complexity index is 249. The second-order valence-electron chi connectivity index (χ2n) is 3.87. The van der Waals surface area contributed by atoms with Crippen LogP contribution in [0.1, 0.15) is 12.5 Å². The Kier molecular flexibility index (Phi) is 3.32. The lowest BCUT2D eigenvalue weighted by atomic mass is 10.1. The number of quaternary nitrogens is 1. The molecule has 0 radical (unpaired) electrons. The van der Waals surface area contributed by atoms with Crippen molar-refractivity contribution < 1.29 is 5.73 Å². The smallest absolute Gasteiger partial charge is 0.0855 e. The summed E-state index contributed by atoms with van der Waals surface area (Å²) in [5.41, 5.74) is 6.60. The predicted octanol–water partition coefficient (Wildman–Crippen LogP) is 0.925. The molecular formula is C11H19N2+. The SMILES string of the molecule is C[C@@H]([NH3+])Cc1ccc(N(C)C)cc1. The van der Waals surface area contributed by atoms with E-state index in [1.165, 1.54) is 11.3 Å². The zero-order valence-corrected chi connectivity index (χ0v) is 8.75. The van der Waals surface area contributed by atoms with Gasteiger partial charge in [0.25, 0.3) is 0 Å². The molecule has 2 heteroatoms. The maximum absolute atomic E-state index is 3.98. The second-order valence-corrected chi connectivity index (χ2v) is 3.87. The van der Waals surface area contributed by atoms with Crippen molar-refractivity contribution in [3.63, 3.8) is 0 Å². The molecule has 0 heterocycles. The van der Waals surface area contributed by atoms with E-state index in [0.29, 0.717) is 6.04 Å². The Labute approximate surface area is 80.4 Å². The fraction of sp³-hybridized carbons (Fsp3) is 0.455. The van der Waals surface area contributed by atoms with Crippen LogP contribution in [-0.2, 0) is 6.42 Å². The highest BCUT2D eigenvalue weighted by Crippen LogP contribution is 2.12. The molecule has 0 saturated heterocycles. The van der Waals surface area contributed by atoms with Gasteiger partial charge in [0.15, 0.2) is 0 Å². The van der Waals surface area contributed by atoms with Gasteiger partial charge >= 0.3 is 0 Å². The van der Waals surface area contributed by atoms with Gasteiger partial charge in [0.2, 0.25) is 0 Å². The average Bonchev–Trinajstić information content (AvgIpc) is 2.04. The molecule has 0 spiro atoms. The van der Waals surface area contributed by atoms with Crippen molar-refractivity contribution in [2.45, 2.75) is 19.4 Å². The third-order valence-electron chi connectivity index (χ3n) is 2.04. The third-order valence-corrected chi connectivity index (χ3v) is 2.04. The number of benzene rings is 1. The molecule has 0 aliphatic rings. The largest absolute Gasteiger partial charge is 0.378 e. The molecule has 2 nitrogen and oxygen atoms in total. The van der Waals surface area contributed by atoms with E-state index in [1.54, 1.807) is 0 Å². The van der Waals surface area contributed by atoms with E-state index in [0.717, 1.165) is 6.42 Å². The number of hydrogen-bond acceptors (Lipinski definition) is 1. The van der Waals surface area contributed by atoms with Crippen molar-refractivity contribution in [3.05, 3.63) is 29.8 Å². The first-order chi connectivity index (χ1) is 6.09. The van der Waals surface area contributed by atoms with Crippen molar-refractivity contribution in [2.75, 3.05) is 19.0 Å². The van der Waals surface area contributed by atoms with Crippen molar-refractivity contribution in [3.8, 4) is 0 Å². The summed E-state index contributed by atoms with van der Waals surface area (Å²) in [5.74, 6) is 0. The Morgan fingerprint density at radius 1 is 1.23 bits per heavy atom. The Hall–Kier alpha value is -1.02. The van der Waals surface area contributed by atoms with E-state index in [9.17, 15) is 0 Å². The van der Waals surface area contributed by atoms with E-state index in [1.807, 2.05) is 0 Å². The summed E-state index contributed by atoms with van der Waals surface area (Å²) >= 11 is 0. The lowest BCUT2D eigenvalue weighted by Gasteiger charge is -2.12. The van der Waals surface area contributed by atoms with E-state index < -0.39 is 0 Å². The van der Waals surface area contributed by atoms with Gasteiger partial charge in [-0.3, -0.25) is 0 Å². The van der Waals surface area contributed by atoms with E-state index in [4.69, 9.17) is 0 Å². The Morgan fingerprint density at radius 2 is 1.77 bits per heavy atom. The van der Waals surface area contributed by atoms with Crippen LogP contribution in [0.3, 0.4) is 0 Å². The molecular weight excluding hydrogens is 160 g/mol. The fourth-order valence-corrected chi connectivity index (χ4v) is 1.33. The highest BCUT2D eigenvalue weighted by Gasteiger charge is 2.00. The monoisotopic (exact) mass is 179 g/mol. The van der Waals surface area contributed by atoms with E-state index in [-0.39, 0.29) is 0 Å². The molecule has 3 N–H and O–H groups in total. The summed E-state index contributed by atoms with van der Waals surface area (Å²) in [4.78, 5) is 2.11. The molecule has 1 aromatic rings. The summed E-state index contributed by atoms with van der Waals surface area (Å²) in [7, 11) is 4.11. The molecule has 72 valence electrons. The first kappa shape index (κ1) is 10.1. The minimum Gasteiger partial charge on any atom is -0.378 e. The quantitative estimate of drug-likeness (QED) is 0.735. The molecule has 1 atom stereocenters. The van der Waals surface area contributed by atoms with Crippen molar-refractivity contribution >= 4 is 5.69 Å². The zero-order chi connectivity index (χ0) is 9.84. The van der Waals surface area contributed by atoms with Crippen LogP contribution in [-0.4, -0.2) is 20.1 Å². The lowest BCUT2D eigenvalue weighted by Crippen LogP contribution is -2.60. The van der Waals surface area contributed by atoms with Crippen molar-refractivity contribution in [2.24, 2.45) is 0 Å². The highest BCUT2D eigenvalue weighted by molar-refractivity contribution is 5.46. The number of anilines is 1. The van der Waals surface area contributed by atoms with Gasteiger partial charge in [-0.2, -0.15) is 0 Å². The summed E-state index contributed by atoms with van der Waals surface area (Å²) in [6.45, 7) is 2.14. The van der Waals surface area contributed by atoms with Crippen LogP contribution in [0.5, 0.6) is 0 Å². The molecule has 1 rings (SSSR count). The van der Waals surface area contributed by atoms with E-state index >= 15 is 0 Å². The molecule has 0 aromatic heterocycles. The molecule has 13 heavy (non-hydrogen) atoms. The van der Waals surface area contributed by atoms with Gasteiger partial charge < -0.3 is 10.6 Å². The van der Waals surface area contributed by atoms with Gasteiger partial charge in [0.05, 0.1) is 6.04 Å². The van der Waals surface area contributed by atoms with Crippen LogP contribution < -0.4 is 10.6 Å². The van der Waals surface area contributed by atoms with Crippen LogP contribution in [0.2, 0.25) is 0 Å². The van der Waals surface area contributed by atoms with Crippen LogP contribution in [0, 0.1) is 0 Å². The minimum absolute atomic E-state index is 0.491. The molecule has 0 aliphatic heterocycles. The van der Waals surface area contributed by atoms with Gasteiger partial charge in [0.1, 0.15) is 0 Å². The topological polar surface area (TPSA) is 30.9 Å². The predicted molar refractivity (Wildman–Crippen MR) is 56.8 cm³/mol. The number of rotatable bonds is 3. The van der Waals surface area contributed by atoms with Crippen molar-refractivity contribution in [1.29, 1.82) is 0 Å². The van der Waals surface area contributed by atoms with Gasteiger partial charge in [-0.05, 0) is 24.6 Å². The Balaban J connectivity index is 2.70. The highest BCUT2D eigenvalue weighted by atomic mass is 15.1. The van der Waals surface area contributed by atoms with Crippen LogP contribution in [0.4, 0.5) is 5.69 Å². The minimum atomic E-state index is 0.491. The number of nitrogens with zero attached hydrogens (tertiary/aromatic N) is 1. The molecule has 0 fully saturated rings. The first-order valence-electron chi connectivity index (χ1n) is 4.69. The lowest BCUT2D eigenvalue weighted by molar-refractivity contribution is -0.413. The molecule has 1 aromatic carbocycles. The van der Waals surface area contributed by atoms with Crippen molar-refractivity contribution in [1.82, 2.24) is 0 Å². The van der Waals surface area contributed by atoms with Gasteiger partial charge in [0, 0.05) is 26.2 Å². The van der Waals surface area contributed by atoms with Gasteiger partial charge in [-0.25, -0.2) is 0 Å². The van der Waals surface area contributed by atoms with Gasteiger partial charge in [-0.1, -0.05) is 12.1 Å². The van der Waals surface area contributed by atoms with Crippen LogP contribution in [0.15, 0.2) is 24.3 Å². The zero-order valence-electron chi connectivity index (χ0n) is 8.75. The molecule has 0 saturated carbocycles. The second kappa shape index (κ2) is 4.28. The molecule has 0 aliphatic carbocycles. The van der Waals surface area contributed by atoms with Crippen LogP contribution in [0.25, 0.3) is 0 Å². The third kappa shape index (κ3) is 3.07. The summed E-state index contributed by atoms with van der Waals surface area (Å²) < 4.78 is 0. The first-order valence-corrected chi connectivity index (χ1v) is 4.69. The molecule has 0 bridgehead atoms. The normalized spacial score (nSPS) is 12.6. The van der Waals surface area contributed by atoms with Crippen LogP contribution >= 0.6 is 0 Å². The fourth-order valence-electron chi connectivity index (χ4n) is 1.33. The van der Waals surface area contributed by atoms with Gasteiger partial charge in [-0.15, -0.1) is 0 Å². The summed E-state index contributed by atoms with van der Waals surface area (Å²) in [6, 6.07) is 9.15. The van der Waals surface area contributed by atoms with E-state index in [2.05, 4.69) is 55.9 Å².